The van der Waals surface area contributed by atoms with E-state index in [1.807, 2.05) is 17.9 Å². The van der Waals surface area contributed by atoms with Crippen LogP contribution in [0.5, 0.6) is 0 Å². The number of hydrogen-bond donors (Lipinski definition) is 0. The highest BCUT2D eigenvalue weighted by atomic mass is 16.5. The standard InChI is InChI=1S/C17H29N3O3/c1-19-13-14(12-18-19)11-16-17(23-10-9-21-2)3-6-20(16)15-4-7-22-8-5-15/h12-13,15-17H,3-11H2,1-2H3/t16-,17+/m1/s1. The molecule has 2 fully saturated rings. The van der Waals surface area contributed by atoms with Crippen LogP contribution in [-0.2, 0) is 27.7 Å². The molecule has 23 heavy (non-hydrogen) atoms. The van der Waals surface area contributed by atoms with Crippen molar-refractivity contribution in [1.29, 1.82) is 0 Å². The van der Waals surface area contributed by atoms with Crippen molar-refractivity contribution in [1.82, 2.24) is 14.7 Å². The Morgan fingerprint density at radius 1 is 1.26 bits per heavy atom. The number of methoxy groups -OCH3 is 1. The van der Waals surface area contributed by atoms with Gasteiger partial charge < -0.3 is 14.2 Å². The Morgan fingerprint density at radius 3 is 2.78 bits per heavy atom. The van der Waals surface area contributed by atoms with Gasteiger partial charge in [-0.25, -0.2) is 0 Å². The van der Waals surface area contributed by atoms with Gasteiger partial charge in [0.1, 0.15) is 0 Å². The van der Waals surface area contributed by atoms with Gasteiger partial charge in [0.15, 0.2) is 0 Å². The van der Waals surface area contributed by atoms with Gasteiger partial charge >= 0.3 is 0 Å². The number of ether oxygens (including phenoxy) is 3. The van der Waals surface area contributed by atoms with E-state index in [1.165, 1.54) is 5.56 Å². The predicted octanol–water partition coefficient (Wildman–Crippen LogP) is 1.25. The largest absolute Gasteiger partial charge is 0.382 e. The molecule has 3 heterocycles. The van der Waals surface area contributed by atoms with Gasteiger partial charge in [-0.05, 0) is 31.2 Å². The SMILES string of the molecule is COCCO[C@H]1CCN(C2CCOCC2)[C@@H]1Cc1cnn(C)c1. The monoisotopic (exact) mass is 323 g/mol. The van der Waals surface area contributed by atoms with Crippen LogP contribution in [0.2, 0.25) is 0 Å². The Bertz CT molecular complexity index is 473. The molecule has 130 valence electrons. The van der Waals surface area contributed by atoms with Gasteiger partial charge in [-0.3, -0.25) is 9.58 Å². The molecule has 0 radical (unpaired) electrons. The lowest BCUT2D eigenvalue weighted by atomic mass is 10.0. The van der Waals surface area contributed by atoms with Crippen LogP contribution in [0.1, 0.15) is 24.8 Å². The molecule has 0 aromatic carbocycles. The predicted molar refractivity (Wildman–Crippen MR) is 87.5 cm³/mol. The van der Waals surface area contributed by atoms with E-state index in [-0.39, 0.29) is 6.10 Å². The number of nitrogens with zero attached hydrogens (tertiary/aromatic N) is 3. The highest BCUT2D eigenvalue weighted by Crippen LogP contribution is 2.29. The summed E-state index contributed by atoms with van der Waals surface area (Å²) in [5.74, 6) is 0. The molecule has 0 spiro atoms. The normalized spacial score (nSPS) is 26.9. The molecule has 0 bridgehead atoms. The van der Waals surface area contributed by atoms with Gasteiger partial charge in [0.2, 0.25) is 0 Å². The Labute approximate surface area is 138 Å². The second-order valence-electron chi connectivity index (χ2n) is 6.57. The fraction of sp³-hybridized carbons (Fsp3) is 0.824. The summed E-state index contributed by atoms with van der Waals surface area (Å²) in [6.45, 7) is 4.22. The van der Waals surface area contributed by atoms with E-state index in [4.69, 9.17) is 14.2 Å². The molecule has 0 unspecified atom stereocenters. The molecule has 6 nitrogen and oxygen atoms in total. The lowest BCUT2D eigenvalue weighted by Gasteiger charge is -2.36. The summed E-state index contributed by atoms with van der Waals surface area (Å²) in [5.41, 5.74) is 1.29. The molecular formula is C17H29N3O3. The third-order valence-corrected chi connectivity index (χ3v) is 5.01. The molecule has 0 amide bonds. The fourth-order valence-electron chi connectivity index (χ4n) is 3.86. The molecule has 2 aliphatic rings. The topological polar surface area (TPSA) is 48.8 Å². The summed E-state index contributed by atoms with van der Waals surface area (Å²) < 4.78 is 18.7. The number of hydrogen-bond acceptors (Lipinski definition) is 5. The quantitative estimate of drug-likeness (QED) is 0.707. The maximum absolute atomic E-state index is 6.13. The summed E-state index contributed by atoms with van der Waals surface area (Å²) >= 11 is 0. The van der Waals surface area contributed by atoms with Crippen molar-refractivity contribution in [3.63, 3.8) is 0 Å². The summed E-state index contributed by atoms with van der Waals surface area (Å²) in [5, 5.41) is 4.31. The Kier molecular flexibility index (Phi) is 6.05. The third-order valence-electron chi connectivity index (χ3n) is 5.01. The lowest BCUT2D eigenvalue weighted by molar-refractivity contribution is -0.0194. The van der Waals surface area contributed by atoms with E-state index in [9.17, 15) is 0 Å². The molecule has 2 aliphatic heterocycles. The van der Waals surface area contributed by atoms with Crippen molar-refractivity contribution in [3.8, 4) is 0 Å². The van der Waals surface area contributed by atoms with Crippen molar-refractivity contribution in [2.45, 2.75) is 43.9 Å². The molecule has 2 atom stereocenters. The van der Waals surface area contributed by atoms with Crippen LogP contribution in [0.4, 0.5) is 0 Å². The molecule has 6 heteroatoms. The van der Waals surface area contributed by atoms with Crippen molar-refractivity contribution < 1.29 is 14.2 Å². The zero-order chi connectivity index (χ0) is 16.1. The van der Waals surface area contributed by atoms with Crippen LogP contribution in [0.15, 0.2) is 12.4 Å². The first-order chi connectivity index (χ1) is 11.3. The van der Waals surface area contributed by atoms with Crippen molar-refractivity contribution in [2.75, 3.05) is 40.1 Å². The highest BCUT2D eigenvalue weighted by molar-refractivity contribution is 5.09. The highest BCUT2D eigenvalue weighted by Gasteiger charge is 2.39. The third kappa shape index (κ3) is 4.32. The van der Waals surface area contributed by atoms with Gasteiger partial charge in [0, 0.05) is 52.2 Å². The molecule has 0 N–H and O–H groups in total. The smallest absolute Gasteiger partial charge is 0.0746 e. The van der Waals surface area contributed by atoms with Crippen LogP contribution < -0.4 is 0 Å². The van der Waals surface area contributed by atoms with E-state index in [1.54, 1.807) is 7.11 Å². The van der Waals surface area contributed by atoms with Crippen LogP contribution in [-0.4, -0.2) is 73.0 Å². The van der Waals surface area contributed by atoms with Gasteiger partial charge in [-0.2, -0.15) is 5.10 Å². The Morgan fingerprint density at radius 2 is 2.09 bits per heavy atom. The van der Waals surface area contributed by atoms with E-state index >= 15 is 0 Å². The van der Waals surface area contributed by atoms with Crippen LogP contribution in [0.3, 0.4) is 0 Å². The van der Waals surface area contributed by atoms with E-state index in [0.29, 0.717) is 25.3 Å². The van der Waals surface area contributed by atoms with Crippen LogP contribution >= 0.6 is 0 Å². The van der Waals surface area contributed by atoms with Gasteiger partial charge in [0.25, 0.3) is 0 Å². The number of aromatic nitrogens is 2. The fourth-order valence-corrected chi connectivity index (χ4v) is 3.86. The second-order valence-corrected chi connectivity index (χ2v) is 6.57. The molecule has 0 saturated carbocycles. The summed E-state index contributed by atoms with van der Waals surface area (Å²) in [4.78, 5) is 2.66. The maximum atomic E-state index is 6.13. The molecule has 0 aliphatic carbocycles. The van der Waals surface area contributed by atoms with Crippen LogP contribution in [0, 0.1) is 0 Å². The zero-order valence-electron chi connectivity index (χ0n) is 14.3. The van der Waals surface area contributed by atoms with Gasteiger partial charge in [-0.1, -0.05) is 0 Å². The van der Waals surface area contributed by atoms with Crippen LogP contribution in [0.25, 0.3) is 0 Å². The van der Waals surface area contributed by atoms with Crippen molar-refractivity contribution >= 4 is 0 Å². The number of rotatable bonds is 7. The average Bonchev–Trinajstić information content (AvgIpc) is 3.16. The first-order valence-corrected chi connectivity index (χ1v) is 8.69. The number of likely N-dealkylation sites (tertiary alicyclic amines) is 1. The minimum Gasteiger partial charge on any atom is -0.382 e. The van der Waals surface area contributed by atoms with Gasteiger partial charge in [0.05, 0.1) is 25.5 Å². The van der Waals surface area contributed by atoms with E-state index in [2.05, 4.69) is 16.2 Å². The first-order valence-electron chi connectivity index (χ1n) is 8.69. The van der Waals surface area contributed by atoms with E-state index in [0.717, 1.165) is 45.4 Å². The van der Waals surface area contributed by atoms with Crippen molar-refractivity contribution in [2.24, 2.45) is 7.05 Å². The first kappa shape index (κ1) is 16.9. The molecule has 3 rings (SSSR count). The lowest BCUT2D eigenvalue weighted by Crippen LogP contribution is -2.46. The average molecular weight is 323 g/mol. The number of aryl methyl sites for hydroxylation is 1. The summed E-state index contributed by atoms with van der Waals surface area (Å²) in [6.07, 6.45) is 8.75. The van der Waals surface area contributed by atoms with Crippen molar-refractivity contribution in [3.05, 3.63) is 18.0 Å². The Hall–Kier alpha value is -0.950. The zero-order valence-corrected chi connectivity index (χ0v) is 14.3. The van der Waals surface area contributed by atoms with E-state index < -0.39 is 0 Å². The maximum Gasteiger partial charge on any atom is 0.0746 e. The second kappa shape index (κ2) is 8.24. The summed E-state index contributed by atoms with van der Waals surface area (Å²) in [7, 11) is 3.69. The minimum atomic E-state index is 0.285. The molecular weight excluding hydrogens is 294 g/mol. The molecule has 1 aromatic rings. The minimum absolute atomic E-state index is 0.285. The Balaban J connectivity index is 1.67. The molecule has 1 aromatic heterocycles. The van der Waals surface area contributed by atoms with Gasteiger partial charge in [-0.15, -0.1) is 0 Å². The summed E-state index contributed by atoms with van der Waals surface area (Å²) in [6, 6.07) is 1.06. The molecule has 2 saturated heterocycles.